The maximum atomic E-state index is 12.9. The van der Waals surface area contributed by atoms with Crippen LogP contribution in [0.3, 0.4) is 0 Å². The summed E-state index contributed by atoms with van der Waals surface area (Å²) in [5, 5.41) is 3.39. The van der Waals surface area contributed by atoms with Gasteiger partial charge in [0.2, 0.25) is 0 Å². The highest BCUT2D eigenvalue weighted by Gasteiger charge is 2.15. The van der Waals surface area contributed by atoms with Crippen LogP contribution in [0, 0.1) is 0 Å². The molecule has 0 aliphatic carbocycles. The number of rotatable bonds is 5. The topological polar surface area (TPSA) is 45.8 Å². The van der Waals surface area contributed by atoms with Gasteiger partial charge in [0.05, 0.1) is 5.39 Å². The third-order valence-corrected chi connectivity index (χ3v) is 7.32. The predicted octanol–water partition coefficient (Wildman–Crippen LogP) is 7.36. The first kappa shape index (κ1) is 21.8. The van der Waals surface area contributed by atoms with Gasteiger partial charge in [-0.1, -0.05) is 94.9 Å². The van der Waals surface area contributed by atoms with Crippen LogP contribution < -0.4 is 5.56 Å². The molecule has 0 aliphatic rings. The number of nitrogens with zero attached hydrogens (tertiary/aromatic N) is 1. The van der Waals surface area contributed by atoms with Crippen LogP contribution in [0.1, 0.15) is 57.2 Å². The molecule has 0 fully saturated rings. The number of nitrogens with one attached hydrogen (secondary N) is 1. The second kappa shape index (κ2) is 8.64. The van der Waals surface area contributed by atoms with E-state index in [1.54, 1.807) is 11.8 Å². The van der Waals surface area contributed by atoms with E-state index >= 15 is 0 Å². The highest BCUT2D eigenvalue weighted by molar-refractivity contribution is 7.98. The molecule has 0 spiro atoms. The molecule has 1 N–H and O–H groups in total. The molecule has 0 unspecified atom stereocenters. The number of hydrogen-bond acceptors (Lipinski definition) is 4. The van der Waals surface area contributed by atoms with Gasteiger partial charge in [0, 0.05) is 16.7 Å². The molecule has 0 radical (unpaired) electrons. The van der Waals surface area contributed by atoms with Gasteiger partial charge < -0.3 is 4.98 Å². The second-order valence-corrected chi connectivity index (χ2v) is 11.0. The summed E-state index contributed by atoms with van der Waals surface area (Å²) in [4.78, 5) is 21.4. The lowest BCUT2D eigenvalue weighted by molar-refractivity contribution is 0.590. The van der Waals surface area contributed by atoms with E-state index in [4.69, 9.17) is 4.98 Å². The van der Waals surface area contributed by atoms with E-state index in [9.17, 15) is 4.79 Å². The zero-order chi connectivity index (χ0) is 22.2. The lowest BCUT2D eigenvalue weighted by atomic mass is 9.87. The first-order chi connectivity index (χ1) is 14.7. The average molecular weight is 449 g/mol. The highest BCUT2D eigenvalue weighted by atomic mass is 32.2. The van der Waals surface area contributed by atoms with Crippen molar-refractivity contribution < 1.29 is 0 Å². The van der Waals surface area contributed by atoms with Crippen molar-refractivity contribution in [2.45, 2.75) is 56.9 Å². The van der Waals surface area contributed by atoms with Gasteiger partial charge in [-0.3, -0.25) is 4.79 Å². The summed E-state index contributed by atoms with van der Waals surface area (Å²) >= 11 is 3.10. The third kappa shape index (κ3) is 4.78. The van der Waals surface area contributed by atoms with Crippen LogP contribution in [0.25, 0.3) is 21.3 Å². The standard InChI is InChI=1S/C26H28N2OS2/c1-16(2)18-8-10-19(11-9-18)21-15-30-24-22(21)23(29)27-25(28-24)31-14-17-6-12-20(13-7-17)26(3,4)5/h6-13,15-16H,14H2,1-5H3,(H,27,28,29). The molecule has 160 valence electrons. The monoisotopic (exact) mass is 448 g/mol. The minimum atomic E-state index is -0.0697. The zero-order valence-corrected chi connectivity index (χ0v) is 20.3. The van der Waals surface area contributed by atoms with Crippen molar-refractivity contribution in [1.82, 2.24) is 9.97 Å². The molecule has 31 heavy (non-hydrogen) atoms. The van der Waals surface area contributed by atoms with Crippen LogP contribution in [-0.4, -0.2) is 9.97 Å². The lowest BCUT2D eigenvalue weighted by Crippen LogP contribution is -2.10. The molecule has 0 amide bonds. The Hall–Kier alpha value is -2.37. The van der Waals surface area contributed by atoms with Crippen molar-refractivity contribution in [2.75, 3.05) is 0 Å². The van der Waals surface area contributed by atoms with Crippen molar-refractivity contribution in [3.8, 4) is 11.1 Å². The van der Waals surface area contributed by atoms with Gasteiger partial charge in [0.25, 0.3) is 5.56 Å². The molecule has 0 saturated heterocycles. The summed E-state index contributed by atoms with van der Waals surface area (Å²) < 4.78 is 0. The maximum Gasteiger partial charge on any atom is 0.260 e. The summed E-state index contributed by atoms with van der Waals surface area (Å²) in [6.07, 6.45) is 0. The van der Waals surface area contributed by atoms with Crippen molar-refractivity contribution in [2.24, 2.45) is 0 Å². The first-order valence-electron chi connectivity index (χ1n) is 10.6. The molecular weight excluding hydrogens is 420 g/mol. The molecule has 2 aromatic heterocycles. The fraction of sp³-hybridized carbons (Fsp3) is 0.308. The second-order valence-electron chi connectivity index (χ2n) is 9.21. The van der Waals surface area contributed by atoms with E-state index in [1.807, 2.05) is 5.38 Å². The Bertz CT molecular complexity index is 1240. The molecule has 5 heteroatoms. The summed E-state index contributed by atoms with van der Waals surface area (Å²) in [7, 11) is 0. The SMILES string of the molecule is CC(C)c1ccc(-c2csc3nc(SCc4ccc(C(C)(C)C)cc4)[nH]c(=O)c23)cc1. The highest BCUT2D eigenvalue weighted by Crippen LogP contribution is 2.33. The average Bonchev–Trinajstić information content (AvgIpc) is 3.16. The third-order valence-electron chi connectivity index (χ3n) is 5.51. The number of fused-ring (bicyclic) bond motifs is 1. The normalized spacial score (nSPS) is 12.1. The van der Waals surface area contributed by atoms with Crippen LogP contribution in [0.15, 0.2) is 63.9 Å². The van der Waals surface area contributed by atoms with E-state index in [0.29, 0.717) is 16.5 Å². The van der Waals surface area contributed by atoms with Gasteiger partial charge in [-0.2, -0.15) is 0 Å². The Labute approximate surface area is 192 Å². The quantitative estimate of drug-likeness (QED) is 0.256. The van der Waals surface area contributed by atoms with Gasteiger partial charge in [-0.05, 0) is 33.6 Å². The minimum Gasteiger partial charge on any atom is -0.301 e. The molecule has 3 nitrogen and oxygen atoms in total. The van der Waals surface area contributed by atoms with Crippen LogP contribution in [0.2, 0.25) is 0 Å². The summed E-state index contributed by atoms with van der Waals surface area (Å²) in [6.45, 7) is 11.0. The summed E-state index contributed by atoms with van der Waals surface area (Å²) in [6, 6.07) is 17.2. The number of thiophene rings is 1. The summed E-state index contributed by atoms with van der Waals surface area (Å²) in [5.74, 6) is 1.26. The first-order valence-corrected chi connectivity index (χ1v) is 12.4. The molecule has 2 aromatic carbocycles. The van der Waals surface area contributed by atoms with Crippen molar-refractivity contribution in [1.29, 1.82) is 0 Å². The van der Waals surface area contributed by atoms with Gasteiger partial charge in [0.15, 0.2) is 5.16 Å². The van der Waals surface area contributed by atoms with Gasteiger partial charge >= 0.3 is 0 Å². The van der Waals surface area contributed by atoms with Crippen LogP contribution in [0.5, 0.6) is 0 Å². The number of thioether (sulfide) groups is 1. The van der Waals surface area contributed by atoms with Gasteiger partial charge in [-0.25, -0.2) is 4.98 Å². The fourth-order valence-electron chi connectivity index (χ4n) is 3.51. The van der Waals surface area contributed by atoms with Crippen molar-refractivity contribution in [3.05, 3.63) is 81.0 Å². The van der Waals surface area contributed by atoms with Crippen molar-refractivity contribution >= 4 is 33.3 Å². The minimum absolute atomic E-state index is 0.0697. The Balaban J connectivity index is 1.55. The largest absolute Gasteiger partial charge is 0.301 e. The van der Waals surface area contributed by atoms with Gasteiger partial charge in [0.1, 0.15) is 4.83 Å². The van der Waals surface area contributed by atoms with Crippen LogP contribution >= 0.6 is 23.1 Å². The molecule has 2 heterocycles. The molecule has 0 saturated carbocycles. The Kier molecular flexibility index (Phi) is 6.09. The zero-order valence-electron chi connectivity index (χ0n) is 18.7. The Morgan fingerprint density at radius 1 is 1.03 bits per heavy atom. The van der Waals surface area contributed by atoms with Gasteiger partial charge in [-0.15, -0.1) is 11.3 Å². The Morgan fingerprint density at radius 2 is 1.71 bits per heavy atom. The molecule has 0 atom stereocenters. The number of aromatic nitrogens is 2. The number of benzene rings is 2. The van der Waals surface area contributed by atoms with E-state index in [-0.39, 0.29) is 11.0 Å². The molecular formula is C26H28N2OS2. The van der Waals surface area contributed by atoms with E-state index in [2.05, 4.69) is 88.1 Å². The number of hydrogen-bond donors (Lipinski definition) is 1. The van der Waals surface area contributed by atoms with E-state index in [0.717, 1.165) is 21.7 Å². The number of aromatic amines is 1. The molecule has 4 aromatic rings. The van der Waals surface area contributed by atoms with Crippen molar-refractivity contribution in [3.63, 3.8) is 0 Å². The smallest absolute Gasteiger partial charge is 0.260 e. The van der Waals surface area contributed by atoms with E-state index in [1.165, 1.54) is 28.0 Å². The fourth-order valence-corrected chi connectivity index (χ4v) is 5.33. The summed E-state index contributed by atoms with van der Waals surface area (Å²) in [5.41, 5.74) is 5.93. The van der Waals surface area contributed by atoms with Crippen LogP contribution in [0.4, 0.5) is 0 Å². The molecule has 0 bridgehead atoms. The molecule has 0 aliphatic heterocycles. The van der Waals surface area contributed by atoms with Crippen LogP contribution in [-0.2, 0) is 11.2 Å². The predicted molar refractivity (Wildman–Crippen MR) is 134 cm³/mol. The Morgan fingerprint density at radius 3 is 2.32 bits per heavy atom. The lowest BCUT2D eigenvalue weighted by Gasteiger charge is -2.19. The maximum absolute atomic E-state index is 12.9. The molecule has 4 rings (SSSR count). The van der Waals surface area contributed by atoms with E-state index < -0.39 is 0 Å². The number of H-pyrrole nitrogens is 1.